The number of halogens is 1. The molecule has 0 saturated carbocycles. The lowest BCUT2D eigenvalue weighted by Gasteiger charge is -2.09. The topological polar surface area (TPSA) is 29.1 Å². The molecule has 27 heavy (non-hydrogen) atoms. The molecule has 0 aliphatic carbocycles. The number of hydrogen-bond donors (Lipinski definition) is 1. The Bertz CT molecular complexity index is 954. The molecular formula is C23H20ClNOS. The van der Waals surface area contributed by atoms with Crippen LogP contribution in [0.25, 0.3) is 6.08 Å². The van der Waals surface area contributed by atoms with Crippen molar-refractivity contribution in [1.82, 2.24) is 0 Å². The first-order valence-corrected chi connectivity index (χ1v) is 9.99. The van der Waals surface area contributed by atoms with Crippen molar-refractivity contribution in [2.75, 3.05) is 5.32 Å². The maximum atomic E-state index is 12.2. The molecule has 2 nitrogen and oxygen atoms in total. The van der Waals surface area contributed by atoms with Gasteiger partial charge in [-0.05, 0) is 54.0 Å². The Hall–Kier alpha value is -2.49. The highest BCUT2D eigenvalue weighted by molar-refractivity contribution is 7.98. The summed E-state index contributed by atoms with van der Waals surface area (Å²) >= 11 is 7.90. The minimum Gasteiger partial charge on any atom is -0.322 e. The first-order chi connectivity index (χ1) is 13.1. The molecule has 0 heterocycles. The number of anilines is 1. The molecule has 0 aliphatic rings. The van der Waals surface area contributed by atoms with E-state index in [9.17, 15) is 4.79 Å². The summed E-state index contributed by atoms with van der Waals surface area (Å²) in [5.41, 5.74) is 3.91. The van der Waals surface area contributed by atoms with Gasteiger partial charge in [-0.3, -0.25) is 4.79 Å². The highest BCUT2D eigenvalue weighted by Gasteiger charge is 2.04. The molecule has 3 aromatic rings. The van der Waals surface area contributed by atoms with E-state index in [0.29, 0.717) is 5.02 Å². The monoisotopic (exact) mass is 393 g/mol. The van der Waals surface area contributed by atoms with Gasteiger partial charge in [0.05, 0.1) is 0 Å². The van der Waals surface area contributed by atoms with Gasteiger partial charge in [-0.1, -0.05) is 60.1 Å². The molecule has 0 bridgehead atoms. The van der Waals surface area contributed by atoms with Crippen LogP contribution in [0, 0.1) is 6.92 Å². The lowest BCUT2D eigenvalue weighted by Crippen LogP contribution is -2.09. The Balaban J connectivity index is 1.60. The van der Waals surface area contributed by atoms with Crippen LogP contribution < -0.4 is 5.32 Å². The largest absolute Gasteiger partial charge is 0.322 e. The molecule has 0 aromatic heterocycles. The van der Waals surface area contributed by atoms with Gasteiger partial charge in [-0.2, -0.15) is 0 Å². The Morgan fingerprint density at radius 2 is 1.78 bits per heavy atom. The molecule has 0 atom stereocenters. The molecule has 0 spiro atoms. The fourth-order valence-electron chi connectivity index (χ4n) is 2.59. The average Bonchev–Trinajstić information content (AvgIpc) is 2.68. The second-order valence-corrected chi connectivity index (χ2v) is 7.55. The van der Waals surface area contributed by atoms with Gasteiger partial charge in [0.2, 0.25) is 5.91 Å². The van der Waals surface area contributed by atoms with Crippen LogP contribution in [0.5, 0.6) is 0 Å². The number of carbonyl (C=O) groups is 1. The molecule has 3 rings (SSSR count). The number of benzene rings is 3. The van der Waals surface area contributed by atoms with E-state index in [1.807, 2.05) is 49.4 Å². The maximum Gasteiger partial charge on any atom is 0.248 e. The van der Waals surface area contributed by atoms with Crippen LogP contribution in [-0.2, 0) is 10.5 Å². The second kappa shape index (κ2) is 9.45. The summed E-state index contributed by atoms with van der Waals surface area (Å²) in [7, 11) is 0. The van der Waals surface area contributed by atoms with E-state index in [4.69, 9.17) is 11.6 Å². The predicted molar refractivity (Wildman–Crippen MR) is 116 cm³/mol. The average molecular weight is 394 g/mol. The van der Waals surface area contributed by atoms with Crippen molar-refractivity contribution in [2.24, 2.45) is 0 Å². The minimum atomic E-state index is -0.176. The van der Waals surface area contributed by atoms with Gasteiger partial charge in [-0.15, -0.1) is 11.8 Å². The van der Waals surface area contributed by atoms with Crippen LogP contribution in [0.15, 0.2) is 83.8 Å². The lowest BCUT2D eigenvalue weighted by atomic mass is 10.1. The third-order valence-corrected chi connectivity index (χ3v) is 5.44. The molecule has 0 radical (unpaired) electrons. The van der Waals surface area contributed by atoms with Crippen molar-refractivity contribution in [2.45, 2.75) is 17.6 Å². The van der Waals surface area contributed by atoms with E-state index in [1.54, 1.807) is 23.9 Å². The van der Waals surface area contributed by atoms with Gasteiger partial charge in [0.25, 0.3) is 0 Å². The summed E-state index contributed by atoms with van der Waals surface area (Å²) in [4.78, 5) is 13.4. The SMILES string of the molecule is Cc1cc(CSc2ccccc2)ccc1NC(=O)/C=C/c1ccccc1Cl. The standard InChI is InChI=1S/C23H20ClNOS/c1-17-15-18(16-27-20-8-3-2-4-9-20)11-13-22(17)25-23(26)14-12-19-7-5-6-10-21(19)24/h2-15H,16H2,1H3,(H,25,26)/b14-12+. The molecule has 1 N–H and O–H groups in total. The molecule has 0 aliphatic heterocycles. The van der Waals surface area contributed by atoms with E-state index in [2.05, 4.69) is 29.6 Å². The van der Waals surface area contributed by atoms with Crippen molar-refractivity contribution >= 4 is 41.0 Å². The van der Waals surface area contributed by atoms with Crippen LogP contribution in [0.3, 0.4) is 0 Å². The summed E-state index contributed by atoms with van der Waals surface area (Å²) in [6, 6.07) is 23.9. The van der Waals surface area contributed by atoms with Crippen molar-refractivity contribution in [3.63, 3.8) is 0 Å². The van der Waals surface area contributed by atoms with Crippen molar-refractivity contribution in [3.8, 4) is 0 Å². The van der Waals surface area contributed by atoms with Crippen LogP contribution in [-0.4, -0.2) is 5.91 Å². The van der Waals surface area contributed by atoms with Crippen LogP contribution in [0.4, 0.5) is 5.69 Å². The number of thioether (sulfide) groups is 1. The Kier molecular flexibility index (Phi) is 6.74. The second-order valence-electron chi connectivity index (χ2n) is 6.10. The van der Waals surface area contributed by atoms with E-state index in [0.717, 1.165) is 22.6 Å². The smallest absolute Gasteiger partial charge is 0.248 e. The van der Waals surface area contributed by atoms with E-state index >= 15 is 0 Å². The Morgan fingerprint density at radius 1 is 1.04 bits per heavy atom. The molecule has 3 aromatic carbocycles. The number of rotatable bonds is 6. The normalized spacial score (nSPS) is 10.9. The molecule has 4 heteroatoms. The van der Waals surface area contributed by atoms with Gasteiger partial charge >= 0.3 is 0 Å². The summed E-state index contributed by atoms with van der Waals surface area (Å²) in [5.74, 6) is 0.718. The molecule has 0 fully saturated rings. The van der Waals surface area contributed by atoms with Gasteiger partial charge in [0.15, 0.2) is 0 Å². The van der Waals surface area contributed by atoms with Crippen molar-refractivity contribution in [1.29, 1.82) is 0 Å². The number of carbonyl (C=O) groups excluding carboxylic acids is 1. The quantitative estimate of drug-likeness (QED) is 0.378. The zero-order valence-corrected chi connectivity index (χ0v) is 16.6. The molecule has 0 saturated heterocycles. The first-order valence-electron chi connectivity index (χ1n) is 8.63. The fraction of sp³-hybridized carbons (Fsp3) is 0.0870. The summed E-state index contributed by atoms with van der Waals surface area (Å²) < 4.78 is 0. The van der Waals surface area contributed by atoms with Gasteiger partial charge in [0, 0.05) is 27.4 Å². The first kappa shape index (κ1) is 19.3. The molecule has 136 valence electrons. The molecule has 0 unspecified atom stereocenters. The number of aryl methyl sites for hydroxylation is 1. The zero-order chi connectivity index (χ0) is 19.1. The fourth-order valence-corrected chi connectivity index (χ4v) is 3.65. The highest BCUT2D eigenvalue weighted by atomic mass is 35.5. The number of hydrogen-bond acceptors (Lipinski definition) is 2. The van der Waals surface area contributed by atoms with Crippen LogP contribution >= 0.6 is 23.4 Å². The zero-order valence-electron chi connectivity index (χ0n) is 15.0. The third-order valence-electron chi connectivity index (χ3n) is 4.02. The Morgan fingerprint density at radius 3 is 2.52 bits per heavy atom. The van der Waals surface area contributed by atoms with Gasteiger partial charge < -0.3 is 5.32 Å². The maximum absolute atomic E-state index is 12.2. The highest BCUT2D eigenvalue weighted by Crippen LogP contribution is 2.25. The van der Waals surface area contributed by atoms with Crippen molar-refractivity contribution in [3.05, 3.63) is 101 Å². The van der Waals surface area contributed by atoms with Crippen molar-refractivity contribution < 1.29 is 4.79 Å². The summed E-state index contributed by atoms with van der Waals surface area (Å²) in [6.07, 6.45) is 3.22. The van der Waals surface area contributed by atoms with E-state index in [-0.39, 0.29) is 5.91 Å². The van der Waals surface area contributed by atoms with E-state index in [1.165, 1.54) is 16.5 Å². The van der Waals surface area contributed by atoms with Gasteiger partial charge in [0.1, 0.15) is 0 Å². The van der Waals surface area contributed by atoms with Crippen LogP contribution in [0.2, 0.25) is 5.02 Å². The summed E-state index contributed by atoms with van der Waals surface area (Å²) in [6.45, 7) is 2.00. The molecular weight excluding hydrogens is 374 g/mol. The predicted octanol–water partition coefficient (Wildman–Crippen LogP) is 6.59. The Labute approximate surface area is 169 Å². The number of nitrogens with one attached hydrogen (secondary N) is 1. The van der Waals surface area contributed by atoms with Crippen LogP contribution in [0.1, 0.15) is 16.7 Å². The summed E-state index contributed by atoms with van der Waals surface area (Å²) in [5, 5.41) is 3.55. The van der Waals surface area contributed by atoms with Gasteiger partial charge in [-0.25, -0.2) is 0 Å². The van der Waals surface area contributed by atoms with E-state index < -0.39 is 0 Å². The number of amides is 1. The lowest BCUT2D eigenvalue weighted by molar-refractivity contribution is -0.111. The molecule has 1 amide bonds. The third kappa shape index (κ3) is 5.75. The minimum absolute atomic E-state index is 0.176.